The Bertz CT molecular complexity index is 489. The van der Waals surface area contributed by atoms with E-state index in [0.29, 0.717) is 6.04 Å². The topological polar surface area (TPSA) is 59.6 Å². The zero-order valence-corrected chi connectivity index (χ0v) is 13.6. The van der Waals surface area contributed by atoms with Crippen LogP contribution < -0.4 is 10.6 Å². The number of anilines is 2. The van der Waals surface area contributed by atoms with Gasteiger partial charge in [0.2, 0.25) is 0 Å². The largest absolute Gasteiger partial charge is 0.444 e. The van der Waals surface area contributed by atoms with Crippen molar-refractivity contribution in [2.24, 2.45) is 0 Å². The third-order valence-corrected chi connectivity index (χ3v) is 3.33. The van der Waals surface area contributed by atoms with Gasteiger partial charge in [-0.2, -0.15) is 0 Å². The van der Waals surface area contributed by atoms with Gasteiger partial charge in [-0.1, -0.05) is 6.07 Å². The fourth-order valence-corrected chi connectivity index (χ4v) is 2.39. The minimum absolute atomic E-state index is 0.416. The lowest BCUT2D eigenvalue weighted by Crippen LogP contribution is -2.27. The molecule has 1 heterocycles. The lowest BCUT2D eigenvalue weighted by Gasteiger charge is -2.20. The highest BCUT2D eigenvalue weighted by Gasteiger charge is 2.16. The minimum atomic E-state index is -0.500. The van der Waals surface area contributed by atoms with Gasteiger partial charge in [-0.15, -0.1) is 0 Å². The number of nitrogens with one attached hydrogen (secondary N) is 2. The summed E-state index contributed by atoms with van der Waals surface area (Å²) in [5.41, 5.74) is 1.23. The van der Waals surface area contributed by atoms with Crippen LogP contribution >= 0.6 is 0 Å². The highest BCUT2D eigenvalue weighted by atomic mass is 16.6. The molecule has 0 spiro atoms. The lowest BCUT2D eigenvalue weighted by molar-refractivity contribution is 0.0636. The second-order valence-electron chi connectivity index (χ2n) is 6.59. The highest BCUT2D eigenvalue weighted by Crippen LogP contribution is 2.20. The van der Waals surface area contributed by atoms with Gasteiger partial charge in [0.25, 0.3) is 0 Å². The predicted octanol–water partition coefficient (Wildman–Crippen LogP) is 4.01. The molecule has 1 saturated heterocycles. The number of hydrogen-bond acceptors (Lipinski definition) is 4. The van der Waals surface area contributed by atoms with Crippen molar-refractivity contribution in [2.45, 2.75) is 51.7 Å². The maximum absolute atomic E-state index is 11.8. The van der Waals surface area contributed by atoms with Crippen LogP contribution in [0.5, 0.6) is 0 Å². The third-order valence-electron chi connectivity index (χ3n) is 3.33. The Hall–Kier alpha value is -1.75. The number of carbonyl (C=O) groups excluding carboxylic acids is 1. The van der Waals surface area contributed by atoms with E-state index in [1.807, 2.05) is 45.0 Å². The number of benzene rings is 1. The summed E-state index contributed by atoms with van der Waals surface area (Å²) in [6.45, 7) is 7.18. The maximum Gasteiger partial charge on any atom is 0.412 e. The second-order valence-corrected chi connectivity index (χ2v) is 6.59. The van der Waals surface area contributed by atoms with Crippen molar-refractivity contribution in [3.8, 4) is 0 Å². The van der Waals surface area contributed by atoms with Crippen molar-refractivity contribution in [1.82, 2.24) is 0 Å². The van der Waals surface area contributed by atoms with Gasteiger partial charge in [-0.3, -0.25) is 5.32 Å². The summed E-state index contributed by atoms with van der Waals surface area (Å²) in [7, 11) is 0. The first kappa shape index (κ1) is 16.6. The zero-order chi connectivity index (χ0) is 16.0. The van der Waals surface area contributed by atoms with E-state index in [0.717, 1.165) is 43.9 Å². The summed E-state index contributed by atoms with van der Waals surface area (Å²) >= 11 is 0. The van der Waals surface area contributed by atoms with Gasteiger partial charge in [0.05, 0.1) is 0 Å². The molecule has 5 heteroatoms. The van der Waals surface area contributed by atoms with Crippen LogP contribution in [0.1, 0.15) is 40.0 Å². The molecule has 0 bridgehead atoms. The van der Waals surface area contributed by atoms with Crippen LogP contribution in [-0.4, -0.2) is 30.9 Å². The second kappa shape index (κ2) is 7.49. The minimum Gasteiger partial charge on any atom is -0.444 e. The van der Waals surface area contributed by atoms with E-state index in [1.165, 1.54) is 0 Å². The van der Waals surface area contributed by atoms with Crippen molar-refractivity contribution in [2.75, 3.05) is 23.8 Å². The van der Waals surface area contributed by atoms with Gasteiger partial charge in [-0.05, 0) is 58.2 Å². The summed E-state index contributed by atoms with van der Waals surface area (Å²) in [6.07, 6.45) is 2.74. The van der Waals surface area contributed by atoms with E-state index in [1.54, 1.807) is 0 Å². The summed E-state index contributed by atoms with van der Waals surface area (Å²) in [4.78, 5) is 11.8. The molecule has 0 saturated carbocycles. The van der Waals surface area contributed by atoms with Crippen LogP contribution in [0, 0.1) is 0 Å². The maximum atomic E-state index is 11.8. The Morgan fingerprint density at radius 2 is 2.00 bits per heavy atom. The SMILES string of the molecule is CC(C)(C)OC(=O)Nc1cccc(NC2CCCOCC2)c1. The van der Waals surface area contributed by atoms with Crippen LogP contribution in [0.3, 0.4) is 0 Å². The Morgan fingerprint density at radius 1 is 1.23 bits per heavy atom. The van der Waals surface area contributed by atoms with Crippen molar-refractivity contribution in [3.63, 3.8) is 0 Å². The molecule has 1 fully saturated rings. The summed E-state index contributed by atoms with van der Waals surface area (Å²) in [6, 6.07) is 8.12. The first-order valence-electron chi connectivity index (χ1n) is 7.87. The number of rotatable bonds is 3. The molecule has 0 aromatic heterocycles. The first-order chi connectivity index (χ1) is 10.4. The zero-order valence-electron chi connectivity index (χ0n) is 13.6. The molecule has 5 nitrogen and oxygen atoms in total. The van der Waals surface area contributed by atoms with E-state index < -0.39 is 11.7 Å². The molecule has 2 rings (SSSR count). The van der Waals surface area contributed by atoms with Gasteiger partial charge < -0.3 is 14.8 Å². The summed E-state index contributed by atoms with van der Waals surface area (Å²) in [5, 5.41) is 6.27. The van der Waals surface area contributed by atoms with Crippen molar-refractivity contribution in [3.05, 3.63) is 24.3 Å². The Morgan fingerprint density at radius 3 is 2.77 bits per heavy atom. The van der Waals surface area contributed by atoms with E-state index in [2.05, 4.69) is 10.6 Å². The molecule has 1 aromatic rings. The quantitative estimate of drug-likeness (QED) is 0.885. The van der Waals surface area contributed by atoms with E-state index >= 15 is 0 Å². The monoisotopic (exact) mass is 306 g/mol. The molecule has 1 atom stereocenters. The standard InChI is InChI=1S/C17H26N2O3/c1-17(2,3)22-16(20)19-15-7-4-6-14(12-15)18-13-8-5-10-21-11-9-13/h4,6-7,12-13,18H,5,8-11H2,1-3H3,(H,19,20). The number of amides is 1. The van der Waals surface area contributed by atoms with E-state index in [9.17, 15) is 4.79 Å². The van der Waals surface area contributed by atoms with Crippen LogP contribution in [0.25, 0.3) is 0 Å². The Balaban J connectivity index is 1.93. The van der Waals surface area contributed by atoms with Gasteiger partial charge in [0.15, 0.2) is 0 Å². The van der Waals surface area contributed by atoms with Crippen molar-refractivity contribution >= 4 is 17.5 Å². The molecular formula is C17H26N2O3. The molecule has 1 aliphatic rings. The fourth-order valence-electron chi connectivity index (χ4n) is 2.39. The van der Waals surface area contributed by atoms with Gasteiger partial charge in [-0.25, -0.2) is 4.79 Å². The van der Waals surface area contributed by atoms with Gasteiger partial charge in [0.1, 0.15) is 5.60 Å². The number of carbonyl (C=O) groups is 1. The van der Waals surface area contributed by atoms with Crippen molar-refractivity contribution in [1.29, 1.82) is 0 Å². The van der Waals surface area contributed by atoms with Gasteiger partial charge in [0, 0.05) is 30.6 Å². The molecule has 22 heavy (non-hydrogen) atoms. The average molecular weight is 306 g/mol. The molecule has 1 aliphatic heterocycles. The number of hydrogen-bond donors (Lipinski definition) is 2. The lowest BCUT2D eigenvalue weighted by atomic mass is 10.1. The molecule has 1 amide bonds. The van der Waals surface area contributed by atoms with Crippen LogP contribution in [-0.2, 0) is 9.47 Å². The Kier molecular flexibility index (Phi) is 5.66. The highest BCUT2D eigenvalue weighted by molar-refractivity contribution is 5.85. The number of ether oxygens (including phenoxy) is 2. The molecule has 1 unspecified atom stereocenters. The summed E-state index contributed by atoms with van der Waals surface area (Å²) in [5.74, 6) is 0. The Labute approximate surface area is 132 Å². The molecule has 122 valence electrons. The van der Waals surface area contributed by atoms with E-state index in [4.69, 9.17) is 9.47 Å². The van der Waals surface area contributed by atoms with Crippen LogP contribution in [0.2, 0.25) is 0 Å². The van der Waals surface area contributed by atoms with Crippen molar-refractivity contribution < 1.29 is 14.3 Å². The first-order valence-corrected chi connectivity index (χ1v) is 7.87. The molecule has 2 N–H and O–H groups in total. The fraction of sp³-hybridized carbons (Fsp3) is 0.588. The predicted molar refractivity (Wildman–Crippen MR) is 88.4 cm³/mol. The molecule has 0 aliphatic carbocycles. The van der Waals surface area contributed by atoms with Crippen LogP contribution in [0.4, 0.5) is 16.2 Å². The normalized spacial score (nSPS) is 19.1. The van der Waals surface area contributed by atoms with E-state index in [-0.39, 0.29) is 0 Å². The molecule has 0 radical (unpaired) electrons. The summed E-state index contributed by atoms with van der Waals surface area (Å²) < 4.78 is 10.7. The third kappa shape index (κ3) is 5.93. The molecular weight excluding hydrogens is 280 g/mol. The molecule has 1 aromatic carbocycles. The average Bonchev–Trinajstić information content (AvgIpc) is 2.65. The smallest absolute Gasteiger partial charge is 0.412 e. The van der Waals surface area contributed by atoms with Gasteiger partial charge >= 0.3 is 6.09 Å². The van der Waals surface area contributed by atoms with Crippen LogP contribution in [0.15, 0.2) is 24.3 Å².